The molecular formula is C26H30N8O4. The van der Waals surface area contributed by atoms with Gasteiger partial charge in [0.2, 0.25) is 11.7 Å². The maximum Gasteiger partial charge on any atom is 0.323 e. The highest BCUT2D eigenvalue weighted by molar-refractivity contribution is 6.00. The topological polar surface area (TPSA) is 160 Å². The van der Waals surface area contributed by atoms with Crippen molar-refractivity contribution in [2.45, 2.75) is 70.6 Å². The molecule has 4 heterocycles. The fourth-order valence-electron chi connectivity index (χ4n) is 4.92. The molecule has 1 fully saturated rings. The normalized spacial score (nSPS) is 13.7. The van der Waals surface area contributed by atoms with Crippen LogP contribution in [0.15, 0.2) is 35.2 Å². The Kier molecular flexibility index (Phi) is 7.57. The van der Waals surface area contributed by atoms with Gasteiger partial charge in [0.15, 0.2) is 5.65 Å². The predicted molar refractivity (Wildman–Crippen MR) is 139 cm³/mol. The van der Waals surface area contributed by atoms with E-state index in [1.807, 2.05) is 17.5 Å². The maximum absolute atomic E-state index is 12.9. The van der Waals surface area contributed by atoms with E-state index in [9.17, 15) is 9.59 Å². The molecule has 0 bridgehead atoms. The third kappa shape index (κ3) is 5.79. The van der Waals surface area contributed by atoms with Crippen molar-refractivity contribution >= 4 is 29.0 Å². The molecule has 3 N–H and O–H groups in total. The second-order valence-corrected chi connectivity index (χ2v) is 9.57. The summed E-state index contributed by atoms with van der Waals surface area (Å²) in [6.07, 6.45) is 12.3. The Balaban J connectivity index is 1.22. The Morgan fingerprint density at radius 1 is 1.13 bits per heavy atom. The van der Waals surface area contributed by atoms with Crippen LogP contribution in [0.4, 0.5) is 16.2 Å². The van der Waals surface area contributed by atoms with Crippen LogP contribution in [0.1, 0.15) is 74.4 Å². The van der Waals surface area contributed by atoms with Gasteiger partial charge in [-0.25, -0.2) is 14.3 Å². The lowest BCUT2D eigenvalue weighted by Gasteiger charge is -2.17. The van der Waals surface area contributed by atoms with Crippen LogP contribution in [0, 0.1) is 6.92 Å². The number of aromatic nitrogens is 6. The number of urea groups is 1. The monoisotopic (exact) mass is 518 g/mol. The average Bonchev–Trinajstić information content (AvgIpc) is 3.66. The summed E-state index contributed by atoms with van der Waals surface area (Å²) in [5.74, 6) is 0.393. The number of carbonyl (C=O) groups is 2. The number of unbranched alkanes of at least 4 members (excludes halogenated alkanes) is 2. The molecule has 0 spiro atoms. The third-order valence-corrected chi connectivity index (χ3v) is 6.74. The molecule has 5 rings (SSSR count). The van der Waals surface area contributed by atoms with Gasteiger partial charge in [-0.15, -0.1) is 0 Å². The van der Waals surface area contributed by atoms with E-state index < -0.39 is 12.0 Å². The van der Waals surface area contributed by atoms with Gasteiger partial charge in [-0.05, 0) is 44.2 Å². The van der Waals surface area contributed by atoms with Gasteiger partial charge in [0.1, 0.15) is 5.69 Å². The minimum Gasteiger partial charge on any atom is -0.481 e. The van der Waals surface area contributed by atoms with Gasteiger partial charge in [-0.1, -0.05) is 24.4 Å². The van der Waals surface area contributed by atoms with Crippen LogP contribution in [0.5, 0.6) is 0 Å². The van der Waals surface area contributed by atoms with Crippen LogP contribution in [-0.4, -0.2) is 46.8 Å². The van der Waals surface area contributed by atoms with E-state index in [-0.39, 0.29) is 6.42 Å². The van der Waals surface area contributed by atoms with Crippen LogP contribution in [0.2, 0.25) is 0 Å². The number of nitrogens with zero attached hydrogens (tertiary/aromatic N) is 6. The zero-order chi connectivity index (χ0) is 26.5. The number of carboxylic acids is 1. The maximum atomic E-state index is 12.9. The smallest absolute Gasteiger partial charge is 0.323 e. The summed E-state index contributed by atoms with van der Waals surface area (Å²) in [5, 5.41) is 23.0. The highest BCUT2D eigenvalue weighted by Crippen LogP contribution is 2.37. The summed E-state index contributed by atoms with van der Waals surface area (Å²) < 4.78 is 7.15. The molecule has 12 heteroatoms. The zero-order valence-corrected chi connectivity index (χ0v) is 21.2. The minimum absolute atomic E-state index is 0.161. The van der Waals surface area contributed by atoms with Crippen LogP contribution in [0.3, 0.4) is 0 Å². The lowest BCUT2D eigenvalue weighted by molar-refractivity contribution is -0.137. The van der Waals surface area contributed by atoms with Gasteiger partial charge in [-0.3, -0.25) is 9.78 Å². The number of pyridine rings is 1. The number of carboxylic acid groups (broad SMARTS) is 1. The number of carbonyl (C=O) groups excluding carboxylic acids is 1. The second-order valence-electron chi connectivity index (χ2n) is 9.57. The number of fused-ring (bicyclic) bond motifs is 1. The molecule has 38 heavy (non-hydrogen) atoms. The summed E-state index contributed by atoms with van der Waals surface area (Å²) in [7, 11) is 0. The van der Waals surface area contributed by atoms with E-state index in [2.05, 4.69) is 35.8 Å². The molecule has 0 unspecified atom stereocenters. The molecule has 0 saturated heterocycles. The standard InChI is InChI=1S/C26H30N8O4/c1-16-13-18(14-28-23(16)25-32-21(38-33-25)9-3-2-4-10-22(35)36)30-26(37)31-19-15-27-20-11-12-29-34(20)24(19)17-7-5-6-8-17/h11-15,17H,2-10H2,1H3,(H,35,36)(H2,30,31,37). The highest BCUT2D eigenvalue weighted by atomic mass is 16.5. The Morgan fingerprint density at radius 2 is 1.97 bits per heavy atom. The van der Waals surface area contributed by atoms with Gasteiger partial charge < -0.3 is 20.3 Å². The van der Waals surface area contributed by atoms with E-state index in [1.54, 1.807) is 24.7 Å². The SMILES string of the molecule is Cc1cc(NC(=O)Nc2cnc3ccnn3c2C2CCCC2)cnc1-c1noc(CCCCCC(=O)O)n1. The predicted octanol–water partition coefficient (Wildman–Crippen LogP) is 4.97. The van der Waals surface area contributed by atoms with Crippen molar-refractivity contribution in [3.05, 3.63) is 47.9 Å². The quantitative estimate of drug-likeness (QED) is 0.246. The van der Waals surface area contributed by atoms with Crippen molar-refractivity contribution < 1.29 is 19.2 Å². The molecule has 12 nitrogen and oxygen atoms in total. The first kappa shape index (κ1) is 25.3. The summed E-state index contributed by atoms with van der Waals surface area (Å²) in [6, 6.07) is 3.26. The van der Waals surface area contributed by atoms with Gasteiger partial charge >= 0.3 is 12.0 Å². The summed E-state index contributed by atoms with van der Waals surface area (Å²) in [5.41, 5.74) is 4.26. The molecule has 0 aliphatic heterocycles. The molecule has 1 aliphatic rings. The molecule has 0 aromatic carbocycles. The number of aliphatic carboxylic acids is 1. The van der Waals surface area contributed by atoms with E-state index >= 15 is 0 Å². The molecular weight excluding hydrogens is 488 g/mol. The van der Waals surface area contributed by atoms with Gasteiger partial charge in [0, 0.05) is 24.8 Å². The molecule has 1 saturated carbocycles. The molecule has 0 radical (unpaired) electrons. The number of aryl methyl sites for hydroxylation is 2. The Hall–Kier alpha value is -4.35. The van der Waals surface area contributed by atoms with Crippen molar-refractivity contribution in [3.8, 4) is 11.5 Å². The molecule has 0 atom stereocenters. The van der Waals surface area contributed by atoms with Crippen LogP contribution in [-0.2, 0) is 11.2 Å². The summed E-state index contributed by atoms with van der Waals surface area (Å²) >= 11 is 0. The number of hydrogen-bond donors (Lipinski definition) is 3. The van der Waals surface area contributed by atoms with Gasteiger partial charge in [0.25, 0.3) is 0 Å². The number of nitrogens with one attached hydrogen (secondary N) is 2. The number of rotatable bonds is 10. The first-order chi connectivity index (χ1) is 18.5. The summed E-state index contributed by atoms with van der Waals surface area (Å²) in [6.45, 7) is 1.86. The van der Waals surface area contributed by atoms with E-state index in [4.69, 9.17) is 9.63 Å². The van der Waals surface area contributed by atoms with Gasteiger partial charge in [0.05, 0.1) is 35.7 Å². The average molecular weight is 519 g/mol. The van der Waals surface area contributed by atoms with Crippen molar-refractivity contribution in [2.75, 3.05) is 10.6 Å². The Bertz CT molecular complexity index is 1440. The fraction of sp³-hybridized carbons (Fsp3) is 0.423. The highest BCUT2D eigenvalue weighted by Gasteiger charge is 2.25. The minimum atomic E-state index is -0.788. The molecule has 2 amide bonds. The van der Waals surface area contributed by atoms with E-state index in [1.165, 1.54) is 0 Å². The summed E-state index contributed by atoms with van der Waals surface area (Å²) in [4.78, 5) is 36.8. The molecule has 4 aromatic heterocycles. The lowest BCUT2D eigenvalue weighted by atomic mass is 10.0. The number of anilines is 2. The Labute approximate surface area is 218 Å². The van der Waals surface area contributed by atoms with Crippen molar-refractivity contribution in [1.82, 2.24) is 29.7 Å². The van der Waals surface area contributed by atoms with Crippen LogP contribution >= 0.6 is 0 Å². The van der Waals surface area contributed by atoms with Crippen molar-refractivity contribution in [2.24, 2.45) is 0 Å². The van der Waals surface area contributed by atoms with Crippen molar-refractivity contribution in [1.29, 1.82) is 0 Å². The molecule has 4 aromatic rings. The van der Waals surface area contributed by atoms with Crippen LogP contribution < -0.4 is 10.6 Å². The fourth-order valence-corrected chi connectivity index (χ4v) is 4.92. The first-order valence-corrected chi connectivity index (χ1v) is 12.9. The molecule has 1 aliphatic carbocycles. The largest absolute Gasteiger partial charge is 0.481 e. The van der Waals surface area contributed by atoms with Crippen LogP contribution in [0.25, 0.3) is 17.2 Å². The number of hydrogen-bond acceptors (Lipinski definition) is 8. The zero-order valence-electron chi connectivity index (χ0n) is 21.2. The second kappa shape index (κ2) is 11.4. The lowest BCUT2D eigenvalue weighted by Crippen LogP contribution is -2.22. The van der Waals surface area contributed by atoms with Gasteiger partial charge in [-0.2, -0.15) is 10.1 Å². The number of amides is 2. The van der Waals surface area contributed by atoms with E-state index in [0.717, 1.165) is 55.4 Å². The Morgan fingerprint density at radius 3 is 2.76 bits per heavy atom. The first-order valence-electron chi connectivity index (χ1n) is 12.9. The van der Waals surface area contributed by atoms with E-state index in [0.29, 0.717) is 47.5 Å². The van der Waals surface area contributed by atoms with Crippen molar-refractivity contribution in [3.63, 3.8) is 0 Å². The molecule has 198 valence electrons. The third-order valence-electron chi connectivity index (χ3n) is 6.74.